The summed E-state index contributed by atoms with van der Waals surface area (Å²) in [4.78, 5) is 0. The number of aromatic nitrogens is 2. The number of hydrogen-bond acceptors (Lipinski definition) is 3. The molecule has 0 aliphatic heterocycles. The Balaban J connectivity index is 2.08. The highest BCUT2D eigenvalue weighted by molar-refractivity contribution is 5.30. The molecule has 0 saturated carbocycles. The molecular formula is C14H18FN3O. The third-order valence-electron chi connectivity index (χ3n) is 2.95. The predicted molar refractivity (Wildman–Crippen MR) is 71.3 cm³/mol. The van der Waals surface area contributed by atoms with Crippen LogP contribution in [0, 0.1) is 12.7 Å². The number of nitrogens with two attached hydrogens (primary N) is 1. The van der Waals surface area contributed by atoms with Crippen molar-refractivity contribution in [1.82, 2.24) is 9.78 Å². The van der Waals surface area contributed by atoms with E-state index in [0.29, 0.717) is 17.9 Å². The second-order valence-electron chi connectivity index (χ2n) is 4.66. The average Bonchev–Trinajstić information content (AvgIpc) is 2.65. The number of benzene rings is 1. The van der Waals surface area contributed by atoms with Gasteiger partial charge in [-0.25, -0.2) is 4.39 Å². The van der Waals surface area contributed by atoms with Gasteiger partial charge in [0, 0.05) is 24.7 Å². The zero-order chi connectivity index (χ0) is 14.0. The standard InChI is InChI=1S/C14H18FN3O/c1-9-6-11(18(3)17-9)8-19-12-4-5-13(10(2)16)14(15)7-12/h4-7,10H,8,16H2,1-3H3. The summed E-state index contributed by atoms with van der Waals surface area (Å²) in [5.41, 5.74) is 8.02. The van der Waals surface area contributed by atoms with Gasteiger partial charge in [0.25, 0.3) is 0 Å². The van der Waals surface area contributed by atoms with Crippen molar-refractivity contribution in [3.8, 4) is 5.75 Å². The van der Waals surface area contributed by atoms with Gasteiger partial charge in [0.15, 0.2) is 0 Å². The van der Waals surface area contributed by atoms with Crippen LogP contribution in [-0.4, -0.2) is 9.78 Å². The van der Waals surface area contributed by atoms with E-state index in [-0.39, 0.29) is 11.9 Å². The summed E-state index contributed by atoms with van der Waals surface area (Å²) < 4.78 is 21.0. The van der Waals surface area contributed by atoms with E-state index in [4.69, 9.17) is 10.5 Å². The molecule has 0 radical (unpaired) electrons. The lowest BCUT2D eigenvalue weighted by molar-refractivity contribution is 0.293. The van der Waals surface area contributed by atoms with Crippen molar-refractivity contribution < 1.29 is 9.13 Å². The molecule has 1 unspecified atom stereocenters. The lowest BCUT2D eigenvalue weighted by atomic mass is 10.1. The molecule has 0 spiro atoms. The van der Waals surface area contributed by atoms with Crippen LogP contribution in [0.25, 0.3) is 0 Å². The topological polar surface area (TPSA) is 53.1 Å². The Labute approximate surface area is 112 Å². The summed E-state index contributed by atoms with van der Waals surface area (Å²) in [6.07, 6.45) is 0. The normalized spacial score (nSPS) is 12.5. The summed E-state index contributed by atoms with van der Waals surface area (Å²) in [7, 11) is 1.85. The van der Waals surface area contributed by atoms with Gasteiger partial charge in [-0.05, 0) is 26.0 Å². The van der Waals surface area contributed by atoms with Gasteiger partial charge < -0.3 is 10.5 Å². The number of aryl methyl sites for hydroxylation is 2. The number of rotatable bonds is 4. The van der Waals surface area contributed by atoms with E-state index in [2.05, 4.69) is 5.10 Å². The van der Waals surface area contributed by atoms with E-state index >= 15 is 0 Å². The fourth-order valence-corrected chi connectivity index (χ4v) is 1.92. The SMILES string of the molecule is Cc1cc(COc2ccc(C(C)N)c(F)c2)n(C)n1. The molecular weight excluding hydrogens is 245 g/mol. The number of ether oxygens (including phenoxy) is 1. The van der Waals surface area contributed by atoms with Crippen LogP contribution in [0.15, 0.2) is 24.3 Å². The summed E-state index contributed by atoms with van der Waals surface area (Å²) >= 11 is 0. The van der Waals surface area contributed by atoms with E-state index in [1.165, 1.54) is 6.07 Å². The Morgan fingerprint density at radius 3 is 2.68 bits per heavy atom. The van der Waals surface area contributed by atoms with Crippen LogP contribution < -0.4 is 10.5 Å². The molecule has 2 N–H and O–H groups in total. The van der Waals surface area contributed by atoms with Crippen molar-refractivity contribution in [3.63, 3.8) is 0 Å². The Kier molecular flexibility index (Phi) is 3.85. The predicted octanol–water partition coefficient (Wildman–Crippen LogP) is 2.47. The smallest absolute Gasteiger partial charge is 0.131 e. The first kappa shape index (κ1) is 13.5. The van der Waals surface area contributed by atoms with Gasteiger partial charge in [0.1, 0.15) is 18.2 Å². The van der Waals surface area contributed by atoms with Crippen molar-refractivity contribution in [2.45, 2.75) is 26.5 Å². The zero-order valence-corrected chi connectivity index (χ0v) is 11.4. The molecule has 0 amide bonds. The van der Waals surface area contributed by atoms with Crippen LogP contribution in [0.1, 0.15) is 29.9 Å². The Bertz CT molecular complexity index is 578. The molecule has 2 rings (SSSR count). The Hall–Kier alpha value is -1.88. The zero-order valence-electron chi connectivity index (χ0n) is 11.4. The maximum absolute atomic E-state index is 13.7. The summed E-state index contributed by atoms with van der Waals surface area (Å²) in [5, 5.41) is 4.22. The van der Waals surface area contributed by atoms with Gasteiger partial charge in [0.05, 0.1) is 11.4 Å². The Morgan fingerprint density at radius 2 is 2.16 bits per heavy atom. The van der Waals surface area contributed by atoms with Crippen molar-refractivity contribution >= 4 is 0 Å². The van der Waals surface area contributed by atoms with E-state index in [9.17, 15) is 4.39 Å². The molecule has 1 aromatic heterocycles. The van der Waals surface area contributed by atoms with Crippen LogP contribution in [0.5, 0.6) is 5.75 Å². The van der Waals surface area contributed by atoms with Gasteiger partial charge in [0.2, 0.25) is 0 Å². The third kappa shape index (κ3) is 3.12. The van der Waals surface area contributed by atoms with Crippen LogP contribution in [0.4, 0.5) is 4.39 Å². The molecule has 102 valence electrons. The molecule has 0 bridgehead atoms. The molecule has 1 atom stereocenters. The summed E-state index contributed by atoms with van der Waals surface area (Å²) in [6, 6.07) is 6.36. The Morgan fingerprint density at radius 1 is 1.42 bits per heavy atom. The maximum Gasteiger partial charge on any atom is 0.131 e. The second kappa shape index (κ2) is 5.40. The van der Waals surface area contributed by atoms with E-state index in [1.54, 1.807) is 23.7 Å². The first-order valence-corrected chi connectivity index (χ1v) is 6.14. The quantitative estimate of drug-likeness (QED) is 0.922. The molecule has 0 aliphatic rings. The monoisotopic (exact) mass is 263 g/mol. The largest absolute Gasteiger partial charge is 0.487 e. The van der Waals surface area contributed by atoms with E-state index in [0.717, 1.165) is 11.4 Å². The van der Waals surface area contributed by atoms with Gasteiger partial charge in [-0.15, -0.1) is 0 Å². The number of hydrogen-bond donors (Lipinski definition) is 1. The van der Waals surface area contributed by atoms with E-state index < -0.39 is 0 Å². The third-order valence-corrected chi connectivity index (χ3v) is 2.95. The van der Waals surface area contributed by atoms with E-state index in [1.807, 2.05) is 20.0 Å². The molecule has 19 heavy (non-hydrogen) atoms. The van der Waals surface area contributed by atoms with Gasteiger partial charge >= 0.3 is 0 Å². The highest BCUT2D eigenvalue weighted by Crippen LogP contribution is 2.21. The second-order valence-corrected chi connectivity index (χ2v) is 4.66. The van der Waals surface area contributed by atoms with Gasteiger partial charge in [-0.1, -0.05) is 6.07 Å². The van der Waals surface area contributed by atoms with Crippen molar-refractivity contribution in [2.75, 3.05) is 0 Å². The van der Waals surface area contributed by atoms with Crippen molar-refractivity contribution in [2.24, 2.45) is 12.8 Å². The van der Waals surface area contributed by atoms with Crippen LogP contribution in [-0.2, 0) is 13.7 Å². The van der Waals surface area contributed by atoms with Crippen LogP contribution in [0.2, 0.25) is 0 Å². The first-order chi connectivity index (χ1) is 8.97. The molecule has 5 heteroatoms. The number of halogens is 1. The molecule has 0 aliphatic carbocycles. The molecule has 1 aromatic carbocycles. The first-order valence-electron chi connectivity index (χ1n) is 6.14. The van der Waals surface area contributed by atoms with Gasteiger partial charge in [-0.2, -0.15) is 5.10 Å². The molecule has 2 aromatic rings. The summed E-state index contributed by atoms with van der Waals surface area (Å²) in [5.74, 6) is 0.148. The average molecular weight is 263 g/mol. The van der Waals surface area contributed by atoms with Crippen molar-refractivity contribution in [1.29, 1.82) is 0 Å². The minimum absolute atomic E-state index is 0.325. The van der Waals surface area contributed by atoms with Crippen molar-refractivity contribution in [3.05, 3.63) is 47.0 Å². The highest BCUT2D eigenvalue weighted by Gasteiger charge is 2.09. The van der Waals surface area contributed by atoms with Crippen LogP contribution in [0.3, 0.4) is 0 Å². The van der Waals surface area contributed by atoms with Gasteiger partial charge in [-0.3, -0.25) is 4.68 Å². The fraction of sp³-hybridized carbons (Fsp3) is 0.357. The lowest BCUT2D eigenvalue weighted by Crippen LogP contribution is -2.08. The molecule has 4 nitrogen and oxygen atoms in total. The summed E-state index contributed by atoms with van der Waals surface area (Å²) in [6.45, 7) is 4.02. The molecule has 0 fully saturated rings. The number of nitrogens with zero attached hydrogens (tertiary/aromatic N) is 2. The minimum atomic E-state index is -0.339. The fourth-order valence-electron chi connectivity index (χ4n) is 1.92. The molecule has 1 heterocycles. The highest BCUT2D eigenvalue weighted by atomic mass is 19.1. The minimum Gasteiger partial charge on any atom is -0.487 e. The maximum atomic E-state index is 13.7. The lowest BCUT2D eigenvalue weighted by Gasteiger charge is -2.10. The van der Waals surface area contributed by atoms with Crippen LogP contribution >= 0.6 is 0 Å². The molecule has 0 saturated heterocycles.